The number of carbonyl (C=O) groups excluding carboxylic acids is 2. The molecule has 0 radical (unpaired) electrons. The summed E-state index contributed by atoms with van der Waals surface area (Å²) in [4.78, 5) is 23.8. The molecule has 0 N–H and O–H groups in total. The Labute approximate surface area is 176 Å². The standard InChI is InChI=1S/C20H30NO2.2Li/c1-12(22)14-5-6-15-13-4-7-17-20(3,11-9-18(23)21-17)16(13)8-10-19(14,15)2;;/h13-17H,1,4-11H2,2-3H3,(H,21,23);;/q-1;2*+1/p-1/t13?,14-,15?,16?,17?,19?,20?;;/m1../s1. The molecular weight excluding hydrogens is 300 g/mol. The maximum absolute atomic E-state index is 12.0. The van der Waals surface area contributed by atoms with Crippen LogP contribution < -0.4 is 37.7 Å². The van der Waals surface area contributed by atoms with Gasteiger partial charge in [0.25, 0.3) is 0 Å². The molecule has 0 aromatic rings. The smallest absolute Gasteiger partial charge is 0.650 e. The van der Waals surface area contributed by atoms with Crippen molar-refractivity contribution in [1.82, 2.24) is 0 Å². The molecule has 1 heterocycles. The molecule has 4 rings (SSSR count). The number of fused-ring (bicyclic) bond motifs is 5. The van der Waals surface area contributed by atoms with Gasteiger partial charge in [-0.3, -0.25) is 0 Å². The molecule has 25 heavy (non-hydrogen) atoms. The van der Waals surface area contributed by atoms with E-state index in [9.17, 15) is 9.59 Å². The summed E-state index contributed by atoms with van der Waals surface area (Å²) in [6.07, 6.45) is 8.51. The molecule has 1 aliphatic heterocycles. The van der Waals surface area contributed by atoms with Crippen LogP contribution in [-0.2, 0) is 9.59 Å². The molecule has 1 saturated heterocycles. The van der Waals surface area contributed by atoms with E-state index in [4.69, 9.17) is 0 Å². The average Bonchev–Trinajstić information content (AvgIpc) is 2.85. The van der Waals surface area contributed by atoms with Crippen LogP contribution >= 0.6 is 0 Å². The van der Waals surface area contributed by atoms with Gasteiger partial charge in [0.15, 0.2) is 0 Å². The number of Topliss-reactive ketones (excluding diaryl/α,β-unsaturated/α-hetero) is 1. The summed E-state index contributed by atoms with van der Waals surface area (Å²) in [6, 6.07) is 0.251. The largest absolute Gasteiger partial charge is 1.00 e. The summed E-state index contributed by atoms with van der Waals surface area (Å²) in [5.41, 5.74) is 0.384. The third kappa shape index (κ3) is 3.08. The minimum Gasteiger partial charge on any atom is -0.650 e. The van der Waals surface area contributed by atoms with Gasteiger partial charge in [-0.15, -0.1) is 6.04 Å². The van der Waals surface area contributed by atoms with Crippen LogP contribution in [0.1, 0.15) is 65.2 Å². The maximum Gasteiger partial charge on any atom is 1.00 e. The number of rotatable bonds is 1. The zero-order chi connectivity index (χ0) is 16.4. The van der Waals surface area contributed by atoms with E-state index in [1.807, 2.05) is 0 Å². The van der Waals surface area contributed by atoms with Crippen LogP contribution in [0.5, 0.6) is 0 Å². The van der Waals surface area contributed by atoms with Crippen LogP contribution in [0.15, 0.2) is 0 Å². The van der Waals surface area contributed by atoms with E-state index >= 15 is 0 Å². The number of nitrogens with zero attached hydrogens (tertiary/aromatic N) is 1. The summed E-state index contributed by atoms with van der Waals surface area (Å²) in [5, 5.41) is 4.51. The molecule has 4 aliphatic rings. The van der Waals surface area contributed by atoms with Crippen molar-refractivity contribution in [2.75, 3.05) is 0 Å². The fraction of sp³-hybridized carbons (Fsp3) is 0.850. The monoisotopic (exact) mass is 329 g/mol. The Balaban J connectivity index is 0.00000113. The second-order valence-corrected chi connectivity index (χ2v) is 9.14. The predicted octanol–water partition coefficient (Wildman–Crippen LogP) is -1.68. The first kappa shape index (κ1) is 21.5. The second kappa shape index (κ2) is 7.32. The van der Waals surface area contributed by atoms with Gasteiger partial charge in [-0.1, -0.05) is 26.7 Å². The van der Waals surface area contributed by atoms with Crippen molar-refractivity contribution >= 4 is 11.7 Å². The minimum atomic E-state index is 0. The molecule has 7 atom stereocenters. The Morgan fingerprint density at radius 3 is 2.36 bits per heavy atom. The Morgan fingerprint density at radius 1 is 1.00 bits per heavy atom. The van der Waals surface area contributed by atoms with Gasteiger partial charge in [-0.2, -0.15) is 0 Å². The molecule has 1 amide bonds. The number of hydrogen-bond acceptors (Lipinski definition) is 2. The Morgan fingerprint density at radius 2 is 1.68 bits per heavy atom. The molecule has 5 heteroatoms. The van der Waals surface area contributed by atoms with Gasteiger partial charge in [0, 0.05) is 0 Å². The Hall–Kier alpha value is 0.205. The van der Waals surface area contributed by atoms with Crippen LogP contribution in [0, 0.1) is 41.4 Å². The second-order valence-electron chi connectivity index (χ2n) is 9.14. The third-order valence-electron chi connectivity index (χ3n) is 8.38. The van der Waals surface area contributed by atoms with E-state index in [2.05, 4.69) is 26.1 Å². The third-order valence-corrected chi connectivity index (χ3v) is 8.38. The molecule has 3 nitrogen and oxygen atoms in total. The fourth-order valence-electron chi connectivity index (χ4n) is 7.14. The van der Waals surface area contributed by atoms with E-state index in [0.717, 1.165) is 31.6 Å². The van der Waals surface area contributed by atoms with Crippen LogP contribution in [0.25, 0.3) is 5.32 Å². The molecule has 0 aromatic carbocycles. The molecule has 6 unspecified atom stereocenters. The summed E-state index contributed by atoms with van der Waals surface area (Å²) < 4.78 is 0. The number of piperidine rings is 1. The zero-order valence-electron chi connectivity index (χ0n) is 16.5. The first-order chi connectivity index (χ1) is 10.9. The van der Waals surface area contributed by atoms with Crippen LogP contribution in [0.4, 0.5) is 0 Å². The molecular formula is C20H29Li2NO2. The van der Waals surface area contributed by atoms with Gasteiger partial charge in [-0.25, -0.2) is 0 Å². The van der Waals surface area contributed by atoms with Crippen molar-refractivity contribution in [2.24, 2.45) is 34.5 Å². The van der Waals surface area contributed by atoms with Crippen molar-refractivity contribution in [2.45, 2.75) is 71.3 Å². The van der Waals surface area contributed by atoms with Gasteiger partial charge in [-0.05, 0) is 78.8 Å². The Bertz CT molecular complexity index is 554. The predicted molar refractivity (Wildman–Crippen MR) is 89.6 cm³/mol. The van der Waals surface area contributed by atoms with Crippen molar-refractivity contribution in [3.05, 3.63) is 12.2 Å². The van der Waals surface area contributed by atoms with E-state index in [1.54, 1.807) is 0 Å². The van der Waals surface area contributed by atoms with E-state index in [1.165, 1.54) is 19.3 Å². The first-order valence-electron chi connectivity index (χ1n) is 9.46. The zero-order valence-corrected chi connectivity index (χ0v) is 16.5. The fourth-order valence-corrected chi connectivity index (χ4v) is 7.14. The van der Waals surface area contributed by atoms with Gasteiger partial charge >= 0.3 is 37.7 Å². The molecule has 0 bridgehead atoms. The molecule has 0 aromatic heterocycles. The number of carbonyl (C=O) groups is 2. The molecule has 128 valence electrons. The number of hydrogen-bond donors (Lipinski definition) is 0. The summed E-state index contributed by atoms with van der Waals surface area (Å²) in [5.74, 6) is 2.54. The van der Waals surface area contributed by atoms with Gasteiger partial charge < -0.3 is 21.8 Å². The number of ketones is 1. The molecule has 0 spiro atoms. The summed E-state index contributed by atoms with van der Waals surface area (Å²) in [6.45, 7) is 8.51. The van der Waals surface area contributed by atoms with Gasteiger partial charge in [0.05, 0.1) is 5.91 Å². The quantitative estimate of drug-likeness (QED) is 0.426. The SMILES string of the molecule is [CH2-]C(=O)[C@H]1CCC2C3CCC4[N-]C(=O)CCC4(C)C3CCC21C.[Li+].[Li+]. The normalized spacial score (nSPS) is 47.9. The van der Waals surface area contributed by atoms with Crippen LogP contribution in [-0.4, -0.2) is 17.7 Å². The van der Waals surface area contributed by atoms with E-state index in [0.29, 0.717) is 18.3 Å². The molecule has 3 aliphatic carbocycles. The summed E-state index contributed by atoms with van der Waals surface area (Å²) >= 11 is 0. The van der Waals surface area contributed by atoms with E-state index in [-0.39, 0.29) is 72.2 Å². The topological polar surface area (TPSA) is 48.2 Å². The van der Waals surface area contributed by atoms with Crippen molar-refractivity contribution in [1.29, 1.82) is 0 Å². The van der Waals surface area contributed by atoms with Crippen LogP contribution in [0.3, 0.4) is 0 Å². The van der Waals surface area contributed by atoms with Crippen molar-refractivity contribution in [3.8, 4) is 0 Å². The maximum atomic E-state index is 12.0. The minimum absolute atomic E-state index is 0. The molecule has 3 saturated carbocycles. The van der Waals surface area contributed by atoms with Crippen LogP contribution in [0.2, 0.25) is 0 Å². The van der Waals surface area contributed by atoms with Gasteiger partial charge in [0.2, 0.25) is 0 Å². The number of amides is 1. The van der Waals surface area contributed by atoms with Gasteiger partial charge in [0.1, 0.15) is 0 Å². The first-order valence-corrected chi connectivity index (χ1v) is 9.46. The van der Waals surface area contributed by atoms with Crippen molar-refractivity contribution < 1.29 is 47.3 Å². The van der Waals surface area contributed by atoms with E-state index < -0.39 is 0 Å². The summed E-state index contributed by atoms with van der Waals surface area (Å²) in [7, 11) is 0. The van der Waals surface area contributed by atoms with Crippen molar-refractivity contribution in [3.63, 3.8) is 0 Å². The average molecular weight is 329 g/mol. The molecule has 4 fully saturated rings. The Kier molecular flexibility index (Phi) is 6.29.